The van der Waals surface area contributed by atoms with Crippen LogP contribution < -0.4 is 10.6 Å². The number of nitrogens with one attached hydrogen (secondary N) is 1. The molecular weight excluding hydrogens is 236 g/mol. The minimum Gasteiger partial charge on any atom is -0.387 e. The molecule has 0 radical (unpaired) electrons. The van der Waals surface area contributed by atoms with E-state index in [1.54, 1.807) is 12.4 Å². The van der Waals surface area contributed by atoms with Crippen molar-refractivity contribution in [3.05, 3.63) is 23.5 Å². The fourth-order valence-corrected chi connectivity index (χ4v) is 2.37. The van der Waals surface area contributed by atoms with Crippen molar-refractivity contribution in [2.45, 2.75) is 19.8 Å². The second-order valence-corrected chi connectivity index (χ2v) is 5.20. The molecular formula is C12H17ClN4. The molecule has 5 heteroatoms. The fraction of sp³-hybridized carbons (Fsp3) is 0.500. The van der Waals surface area contributed by atoms with Crippen molar-refractivity contribution in [3.8, 4) is 0 Å². The van der Waals surface area contributed by atoms with Gasteiger partial charge in [-0.2, -0.15) is 0 Å². The predicted molar refractivity (Wildman–Crippen MR) is 70.7 cm³/mol. The Bertz CT molecular complexity index is 424. The van der Waals surface area contributed by atoms with Gasteiger partial charge in [-0.15, -0.1) is 0 Å². The number of halogens is 1. The topological polar surface area (TPSA) is 66.0 Å². The lowest BCUT2D eigenvalue weighted by Crippen LogP contribution is -2.45. The molecule has 92 valence electrons. The summed E-state index contributed by atoms with van der Waals surface area (Å²) in [4.78, 5) is 6.21. The summed E-state index contributed by atoms with van der Waals surface area (Å²) in [5.74, 6) is 0.290. The van der Waals surface area contributed by atoms with Crippen molar-refractivity contribution in [1.29, 1.82) is 5.41 Å². The summed E-state index contributed by atoms with van der Waals surface area (Å²) in [6.07, 6.45) is 5.19. The standard InChI is InChI=1S/C12H17ClN4/c1-12(11(14)15)3-6-17(7-4-12)10-2-5-16-8-9(10)13/h2,5,8H,3-4,6-7H2,1H3,(H3,14,15). The Labute approximate surface area is 106 Å². The van der Waals surface area contributed by atoms with Crippen molar-refractivity contribution in [3.63, 3.8) is 0 Å². The summed E-state index contributed by atoms with van der Waals surface area (Å²) in [5.41, 5.74) is 6.51. The number of nitrogens with two attached hydrogens (primary N) is 1. The Kier molecular flexibility index (Phi) is 3.24. The van der Waals surface area contributed by atoms with E-state index in [2.05, 4.69) is 16.8 Å². The summed E-state index contributed by atoms with van der Waals surface area (Å²) >= 11 is 6.12. The molecule has 0 unspecified atom stereocenters. The predicted octanol–water partition coefficient (Wildman–Crippen LogP) is 2.28. The number of rotatable bonds is 2. The number of pyridine rings is 1. The maximum atomic E-state index is 7.62. The second-order valence-electron chi connectivity index (χ2n) is 4.79. The summed E-state index contributed by atoms with van der Waals surface area (Å²) in [5, 5.41) is 8.30. The van der Waals surface area contributed by atoms with E-state index in [1.165, 1.54) is 0 Å². The van der Waals surface area contributed by atoms with E-state index < -0.39 is 0 Å². The zero-order valence-corrected chi connectivity index (χ0v) is 10.7. The van der Waals surface area contributed by atoms with E-state index in [1.807, 2.05) is 6.07 Å². The molecule has 17 heavy (non-hydrogen) atoms. The Morgan fingerprint density at radius 1 is 1.53 bits per heavy atom. The minimum absolute atomic E-state index is 0.157. The average molecular weight is 253 g/mol. The molecule has 1 aromatic rings. The highest BCUT2D eigenvalue weighted by atomic mass is 35.5. The molecule has 0 atom stereocenters. The first-order chi connectivity index (χ1) is 8.03. The molecule has 0 saturated carbocycles. The highest BCUT2D eigenvalue weighted by Gasteiger charge is 2.33. The molecule has 0 spiro atoms. The molecule has 1 aliphatic heterocycles. The number of aromatic nitrogens is 1. The molecule has 1 aliphatic rings. The number of amidine groups is 1. The number of anilines is 1. The lowest BCUT2D eigenvalue weighted by Gasteiger charge is -2.39. The van der Waals surface area contributed by atoms with Crippen LogP contribution in [0.25, 0.3) is 0 Å². The van der Waals surface area contributed by atoms with Crippen molar-refractivity contribution in [2.24, 2.45) is 11.1 Å². The van der Waals surface area contributed by atoms with Crippen LogP contribution in [0.1, 0.15) is 19.8 Å². The molecule has 1 aromatic heterocycles. The van der Waals surface area contributed by atoms with Gasteiger partial charge in [-0.25, -0.2) is 0 Å². The van der Waals surface area contributed by atoms with E-state index in [-0.39, 0.29) is 11.3 Å². The van der Waals surface area contributed by atoms with Crippen LogP contribution in [0.2, 0.25) is 5.02 Å². The van der Waals surface area contributed by atoms with Crippen LogP contribution in [0.5, 0.6) is 0 Å². The van der Waals surface area contributed by atoms with Gasteiger partial charge in [0.05, 0.1) is 16.5 Å². The Morgan fingerprint density at radius 2 is 2.18 bits per heavy atom. The Morgan fingerprint density at radius 3 is 2.71 bits per heavy atom. The quantitative estimate of drug-likeness (QED) is 0.627. The molecule has 4 nitrogen and oxygen atoms in total. The van der Waals surface area contributed by atoms with Gasteiger partial charge < -0.3 is 10.6 Å². The van der Waals surface area contributed by atoms with E-state index in [9.17, 15) is 0 Å². The first-order valence-electron chi connectivity index (χ1n) is 5.72. The van der Waals surface area contributed by atoms with E-state index in [0.717, 1.165) is 31.6 Å². The highest BCUT2D eigenvalue weighted by Crippen LogP contribution is 2.34. The number of hydrogen-bond acceptors (Lipinski definition) is 3. The fourth-order valence-electron chi connectivity index (χ4n) is 2.13. The largest absolute Gasteiger partial charge is 0.387 e. The number of piperidine rings is 1. The van der Waals surface area contributed by atoms with Gasteiger partial charge in [0.1, 0.15) is 0 Å². The molecule has 0 bridgehead atoms. The van der Waals surface area contributed by atoms with Gasteiger partial charge >= 0.3 is 0 Å². The minimum atomic E-state index is -0.157. The van der Waals surface area contributed by atoms with E-state index >= 15 is 0 Å². The molecule has 0 aromatic carbocycles. The smallest absolute Gasteiger partial charge is 0.0967 e. The second kappa shape index (κ2) is 4.53. The van der Waals surface area contributed by atoms with Gasteiger partial charge in [0, 0.05) is 30.9 Å². The SMILES string of the molecule is CC1(C(=N)N)CCN(c2ccncc2Cl)CC1. The van der Waals surface area contributed by atoms with E-state index in [0.29, 0.717) is 5.02 Å². The van der Waals surface area contributed by atoms with Crippen molar-refractivity contribution in [2.75, 3.05) is 18.0 Å². The van der Waals surface area contributed by atoms with Gasteiger partial charge in [0.25, 0.3) is 0 Å². The molecule has 1 saturated heterocycles. The van der Waals surface area contributed by atoms with Crippen LogP contribution >= 0.6 is 11.6 Å². The molecule has 0 aliphatic carbocycles. The Hall–Kier alpha value is -1.29. The van der Waals surface area contributed by atoms with Crippen molar-refractivity contribution < 1.29 is 0 Å². The first-order valence-corrected chi connectivity index (χ1v) is 6.10. The lowest BCUT2D eigenvalue weighted by atomic mass is 9.79. The van der Waals surface area contributed by atoms with Crippen LogP contribution in [-0.4, -0.2) is 23.9 Å². The third-order valence-corrected chi connectivity index (χ3v) is 3.90. The highest BCUT2D eigenvalue weighted by molar-refractivity contribution is 6.33. The molecule has 1 fully saturated rings. The maximum Gasteiger partial charge on any atom is 0.0967 e. The van der Waals surface area contributed by atoms with Crippen LogP contribution in [-0.2, 0) is 0 Å². The molecule has 2 heterocycles. The number of nitrogens with zero attached hydrogens (tertiary/aromatic N) is 2. The van der Waals surface area contributed by atoms with Crippen LogP contribution in [0.4, 0.5) is 5.69 Å². The maximum absolute atomic E-state index is 7.62. The summed E-state index contributed by atoms with van der Waals surface area (Å²) in [7, 11) is 0. The number of hydrogen-bond donors (Lipinski definition) is 2. The average Bonchev–Trinajstić information content (AvgIpc) is 2.31. The van der Waals surface area contributed by atoms with Gasteiger partial charge in [-0.1, -0.05) is 18.5 Å². The zero-order valence-electron chi connectivity index (χ0n) is 9.91. The molecule has 2 rings (SSSR count). The van der Waals surface area contributed by atoms with Gasteiger partial charge in [-0.3, -0.25) is 10.4 Å². The monoisotopic (exact) mass is 252 g/mol. The van der Waals surface area contributed by atoms with Gasteiger partial charge in [0.15, 0.2) is 0 Å². The summed E-state index contributed by atoms with van der Waals surface area (Å²) < 4.78 is 0. The van der Waals surface area contributed by atoms with E-state index in [4.69, 9.17) is 22.7 Å². The first kappa shape index (κ1) is 12.2. The van der Waals surface area contributed by atoms with Crippen LogP contribution in [0, 0.1) is 10.8 Å². The van der Waals surface area contributed by atoms with Crippen molar-refractivity contribution >= 4 is 23.1 Å². The van der Waals surface area contributed by atoms with Gasteiger partial charge in [-0.05, 0) is 18.9 Å². The third kappa shape index (κ3) is 2.36. The summed E-state index contributed by atoms with van der Waals surface area (Å²) in [6, 6.07) is 1.93. The summed E-state index contributed by atoms with van der Waals surface area (Å²) in [6.45, 7) is 3.81. The molecule has 3 N–H and O–H groups in total. The van der Waals surface area contributed by atoms with Gasteiger partial charge in [0.2, 0.25) is 0 Å². The van der Waals surface area contributed by atoms with Crippen molar-refractivity contribution in [1.82, 2.24) is 4.98 Å². The molecule has 0 amide bonds. The van der Waals surface area contributed by atoms with Crippen LogP contribution in [0.15, 0.2) is 18.5 Å². The normalized spacial score (nSPS) is 19.1. The van der Waals surface area contributed by atoms with Crippen LogP contribution in [0.3, 0.4) is 0 Å². The zero-order chi connectivity index (χ0) is 12.5. The Balaban J connectivity index is 2.10. The lowest BCUT2D eigenvalue weighted by molar-refractivity contribution is 0.351. The third-order valence-electron chi connectivity index (χ3n) is 3.61.